The van der Waals surface area contributed by atoms with E-state index in [9.17, 15) is 15.0 Å². The Morgan fingerprint density at radius 3 is 2.82 bits per heavy atom. The fourth-order valence-electron chi connectivity index (χ4n) is 1.28. The lowest BCUT2D eigenvalue weighted by Crippen LogP contribution is -2.22. The number of aromatic nitrogens is 1. The minimum atomic E-state index is -1.14. The first-order valence-corrected chi connectivity index (χ1v) is 6.39. The molecule has 17 heavy (non-hydrogen) atoms. The Balaban J connectivity index is 2.77. The van der Waals surface area contributed by atoms with Crippen molar-refractivity contribution in [3.05, 3.63) is 28.5 Å². The predicted octanol–water partition coefficient (Wildman–Crippen LogP) is 1.72. The molecule has 1 heterocycles. The van der Waals surface area contributed by atoms with Crippen molar-refractivity contribution in [2.75, 3.05) is 5.75 Å². The number of carbonyl (C=O) groups excluding carboxylic acids is 1. The number of pyridine rings is 1. The molecular weight excluding hydrogens is 262 g/mol. The Bertz CT molecular complexity index is 414. The zero-order valence-electron chi connectivity index (χ0n) is 9.55. The molecule has 0 radical (unpaired) electrons. The molecule has 1 rings (SSSR count). The van der Waals surface area contributed by atoms with Crippen LogP contribution in [-0.2, 0) is 4.79 Å². The summed E-state index contributed by atoms with van der Waals surface area (Å²) in [5.41, 5.74) is 1.22. The third kappa shape index (κ3) is 4.27. The molecule has 6 heteroatoms. The highest BCUT2D eigenvalue weighted by Gasteiger charge is 2.22. The monoisotopic (exact) mass is 275 g/mol. The summed E-state index contributed by atoms with van der Waals surface area (Å²) in [6.45, 7) is 3.22. The number of aliphatic hydroxyl groups is 2. The van der Waals surface area contributed by atoms with E-state index in [1.54, 1.807) is 12.3 Å². The van der Waals surface area contributed by atoms with Crippen LogP contribution >= 0.6 is 23.4 Å². The quantitative estimate of drug-likeness (QED) is 0.819. The van der Waals surface area contributed by atoms with Crippen LogP contribution in [0, 0.1) is 6.92 Å². The maximum absolute atomic E-state index is 10.8. The number of carbonyl (C=O) groups is 1. The lowest BCUT2D eigenvalue weighted by Gasteiger charge is -2.18. The number of hydrogen-bond acceptors (Lipinski definition) is 5. The lowest BCUT2D eigenvalue weighted by molar-refractivity contribution is -0.109. The van der Waals surface area contributed by atoms with Gasteiger partial charge in [0, 0.05) is 24.4 Å². The molecule has 1 aromatic rings. The molecule has 0 spiro atoms. The number of thioether (sulfide) groups is 1. The minimum Gasteiger partial charge on any atom is -0.389 e. The van der Waals surface area contributed by atoms with Gasteiger partial charge in [-0.1, -0.05) is 23.4 Å². The molecule has 4 nitrogen and oxygen atoms in total. The van der Waals surface area contributed by atoms with Gasteiger partial charge in [0.25, 0.3) is 0 Å². The molecule has 2 N–H and O–H groups in total. The highest BCUT2D eigenvalue weighted by atomic mass is 35.5. The molecule has 2 unspecified atom stereocenters. The molecule has 2 atom stereocenters. The van der Waals surface area contributed by atoms with Crippen molar-refractivity contribution < 1.29 is 15.0 Å². The first kappa shape index (κ1) is 14.4. The maximum Gasteiger partial charge on any atom is 0.185 e. The largest absolute Gasteiger partial charge is 0.389 e. The van der Waals surface area contributed by atoms with Crippen LogP contribution in [0.3, 0.4) is 0 Å². The summed E-state index contributed by atoms with van der Waals surface area (Å²) in [6, 6.07) is 1.67. The summed E-state index contributed by atoms with van der Waals surface area (Å²) in [7, 11) is 0. The summed E-state index contributed by atoms with van der Waals surface area (Å²) < 4.78 is 0. The number of rotatable bonds is 4. The van der Waals surface area contributed by atoms with E-state index in [1.807, 2.05) is 6.92 Å². The maximum atomic E-state index is 10.8. The van der Waals surface area contributed by atoms with E-state index in [4.69, 9.17) is 11.6 Å². The second-order valence-electron chi connectivity index (χ2n) is 3.71. The summed E-state index contributed by atoms with van der Waals surface area (Å²) in [4.78, 5) is 14.7. The molecule has 1 aromatic heterocycles. The van der Waals surface area contributed by atoms with Gasteiger partial charge >= 0.3 is 0 Å². The normalized spacial score (nSPS) is 14.4. The zero-order chi connectivity index (χ0) is 13.0. The van der Waals surface area contributed by atoms with Gasteiger partial charge in [-0.3, -0.25) is 4.79 Å². The Labute approximate surface area is 109 Å². The number of halogens is 1. The van der Waals surface area contributed by atoms with Crippen LogP contribution in [0.1, 0.15) is 24.2 Å². The van der Waals surface area contributed by atoms with Crippen LogP contribution < -0.4 is 0 Å². The van der Waals surface area contributed by atoms with Gasteiger partial charge in [0.2, 0.25) is 0 Å². The molecule has 94 valence electrons. The third-order valence-electron chi connectivity index (χ3n) is 2.14. The van der Waals surface area contributed by atoms with Crippen LogP contribution in [0.5, 0.6) is 0 Å². The summed E-state index contributed by atoms with van der Waals surface area (Å²) in [5, 5.41) is 19.7. The molecule has 0 aliphatic rings. The Hall–Kier alpha value is -0.620. The second kappa shape index (κ2) is 6.35. The number of aliphatic hydroxyl groups excluding tert-OH is 2. The van der Waals surface area contributed by atoms with Crippen molar-refractivity contribution in [2.24, 2.45) is 0 Å². The number of aryl methyl sites for hydroxylation is 1. The highest BCUT2D eigenvalue weighted by molar-refractivity contribution is 8.13. The molecule has 0 aliphatic carbocycles. The van der Waals surface area contributed by atoms with Gasteiger partial charge in [0.1, 0.15) is 11.3 Å². The second-order valence-corrected chi connectivity index (χ2v) is 5.26. The number of hydrogen-bond donors (Lipinski definition) is 2. The van der Waals surface area contributed by atoms with Crippen LogP contribution in [0.4, 0.5) is 0 Å². The highest BCUT2D eigenvalue weighted by Crippen LogP contribution is 2.26. The van der Waals surface area contributed by atoms with E-state index in [2.05, 4.69) is 4.98 Å². The van der Waals surface area contributed by atoms with E-state index < -0.39 is 12.2 Å². The zero-order valence-corrected chi connectivity index (χ0v) is 11.1. The minimum absolute atomic E-state index is 0.107. The molecule has 0 aromatic carbocycles. The molecule has 0 fully saturated rings. The third-order valence-corrected chi connectivity index (χ3v) is 3.37. The van der Waals surface area contributed by atoms with E-state index >= 15 is 0 Å². The van der Waals surface area contributed by atoms with E-state index in [0.717, 1.165) is 17.3 Å². The van der Waals surface area contributed by atoms with Crippen LogP contribution in [0.25, 0.3) is 0 Å². The van der Waals surface area contributed by atoms with Crippen molar-refractivity contribution in [2.45, 2.75) is 26.1 Å². The van der Waals surface area contributed by atoms with Gasteiger partial charge in [-0.05, 0) is 18.6 Å². The van der Waals surface area contributed by atoms with Crippen LogP contribution in [0.2, 0.25) is 5.15 Å². The SMILES string of the molecule is CC(=O)SCC(O)C(O)c1cc(C)cnc1Cl. The Kier molecular flexibility index (Phi) is 5.39. The van der Waals surface area contributed by atoms with Crippen molar-refractivity contribution >= 4 is 28.5 Å². The topological polar surface area (TPSA) is 70.4 Å². The van der Waals surface area contributed by atoms with E-state index in [-0.39, 0.29) is 16.0 Å². The van der Waals surface area contributed by atoms with Crippen LogP contribution in [-0.4, -0.2) is 32.2 Å². The first-order chi connectivity index (χ1) is 7.91. The standard InChI is InChI=1S/C11H14ClNO3S/c1-6-3-8(11(12)13-4-6)10(16)9(15)5-17-7(2)14/h3-4,9-10,15-16H,5H2,1-2H3. The summed E-state index contributed by atoms with van der Waals surface area (Å²) in [5.74, 6) is 0.126. The average molecular weight is 276 g/mol. The predicted molar refractivity (Wildman–Crippen MR) is 68.1 cm³/mol. The average Bonchev–Trinajstić information content (AvgIpc) is 2.28. The van der Waals surface area contributed by atoms with E-state index in [1.165, 1.54) is 6.92 Å². The molecular formula is C11H14ClNO3S. The molecule has 0 saturated heterocycles. The lowest BCUT2D eigenvalue weighted by atomic mass is 10.1. The first-order valence-electron chi connectivity index (χ1n) is 5.03. The van der Waals surface area contributed by atoms with Crippen molar-refractivity contribution in [3.8, 4) is 0 Å². The van der Waals surface area contributed by atoms with Gasteiger partial charge < -0.3 is 10.2 Å². The van der Waals surface area contributed by atoms with Crippen molar-refractivity contribution in [3.63, 3.8) is 0 Å². The van der Waals surface area contributed by atoms with Crippen molar-refractivity contribution in [1.82, 2.24) is 4.98 Å². The molecule has 0 aliphatic heterocycles. The van der Waals surface area contributed by atoms with Gasteiger partial charge in [0.05, 0.1) is 6.10 Å². The van der Waals surface area contributed by atoms with Gasteiger partial charge in [0.15, 0.2) is 5.12 Å². The Morgan fingerprint density at radius 1 is 1.59 bits per heavy atom. The summed E-state index contributed by atoms with van der Waals surface area (Å²) >= 11 is 6.80. The summed E-state index contributed by atoms with van der Waals surface area (Å²) in [6.07, 6.45) is -0.610. The van der Waals surface area contributed by atoms with Crippen molar-refractivity contribution in [1.29, 1.82) is 0 Å². The fraction of sp³-hybridized carbons (Fsp3) is 0.455. The number of nitrogens with zero attached hydrogens (tertiary/aromatic N) is 1. The van der Waals surface area contributed by atoms with Gasteiger partial charge in [-0.2, -0.15) is 0 Å². The van der Waals surface area contributed by atoms with Gasteiger partial charge in [-0.15, -0.1) is 0 Å². The van der Waals surface area contributed by atoms with E-state index in [0.29, 0.717) is 5.56 Å². The molecule has 0 saturated carbocycles. The van der Waals surface area contributed by atoms with Crippen LogP contribution in [0.15, 0.2) is 12.3 Å². The molecule has 0 amide bonds. The van der Waals surface area contributed by atoms with Gasteiger partial charge in [-0.25, -0.2) is 4.98 Å². The smallest absolute Gasteiger partial charge is 0.185 e. The fourth-order valence-corrected chi connectivity index (χ4v) is 2.09. The molecule has 0 bridgehead atoms. The Morgan fingerprint density at radius 2 is 2.24 bits per heavy atom.